The molecule has 1 heterocycles. The molecule has 0 unspecified atom stereocenters. The van der Waals surface area contributed by atoms with E-state index < -0.39 is 0 Å². The molecular weight excluding hydrogens is 324 g/mol. The molecule has 2 rings (SSSR count). The minimum Gasteiger partial charge on any atom is -0.495 e. The number of hydrogen-bond acceptors (Lipinski definition) is 6. The zero-order valence-corrected chi connectivity index (χ0v) is 13.7. The van der Waals surface area contributed by atoms with Crippen molar-refractivity contribution in [1.82, 2.24) is 9.97 Å². The highest BCUT2D eigenvalue weighted by molar-refractivity contribution is 7.99. The number of benzene rings is 1. The molecule has 116 valence electrons. The predicted octanol–water partition coefficient (Wildman–Crippen LogP) is 2.76. The third-order valence-electron chi connectivity index (χ3n) is 2.62. The number of rotatable bonds is 5. The van der Waals surface area contributed by atoms with Crippen LogP contribution >= 0.6 is 23.4 Å². The van der Waals surface area contributed by atoms with Crippen LogP contribution in [-0.2, 0) is 4.79 Å². The predicted molar refractivity (Wildman–Crippen MR) is 88.5 cm³/mol. The summed E-state index contributed by atoms with van der Waals surface area (Å²) in [5, 5.41) is 3.65. The number of thioether (sulfide) groups is 1. The number of nitrogen functional groups attached to an aromatic ring is 1. The monoisotopic (exact) mass is 338 g/mol. The van der Waals surface area contributed by atoms with Crippen molar-refractivity contribution in [1.29, 1.82) is 0 Å². The molecule has 3 N–H and O–H groups in total. The summed E-state index contributed by atoms with van der Waals surface area (Å²) >= 11 is 7.22. The Hall–Kier alpha value is -1.99. The van der Waals surface area contributed by atoms with Gasteiger partial charge in [-0.25, -0.2) is 9.97 Å². The van der Waals surface area contributed by atoms with Crippen molar-refractivity contribution in [3.8, 4) is 5.75 Å². The number of ether oxygens (including phenoxy) is 1. The molecule has 0 spiro atoms. The summed E-state index contributed by atoms with van der Waals surface area (Å²) in [6.07, 6.45) is 0. The first-order valence-electron chi connectivity index (χ1n) is 6.35. The van der Waals surface area contributed by atoms with Crippen LogP contribution in [0.2, 0.25) is 5.02 Å². The number of nitrogens with one attached hydrogen (secondary N) is 1. The molecule has 0 aliphatic carbocycles. The van der Waals surface area contributed by atoms with Crippen LogP contribution in [0, 0.1) is 6.92 Å². The van der Waals surface area contributed by atoms with Crippen molar-refractivity contribution in [3.63, 3.8) is 0 Å². The van der Waals surface area contributed by atoms with E-state index in [-0.39, 0.29) is 11.7 Å². The molecule has 8 heteroatoms. The molecule has 22 heavy (non-hydrogen) atoms. The second kappa shape index (κ2) is 7.33. The molecule has 6 nitrogen and oxygen atoms in total. The first-order valence-corrected chi connectivity index (χ1v) is 7.71. The van der Waals surface area contributed by atoms with E-state index in [1.807, 2.05) is 6.92 Å². The topological polar surface area (TPSA) is 90.1 Å². The van der Waals surface area contributed by atoms with Gasteiger partial charge in [0.15, 0.2) is 5.16 Å². The number of methoxy groups -OCH3 is 1. The summed E-state index contributed by atoms with van der Waals surface area (Å²) in [5.41, 5.74) is 7.00. The first-order chi connectivity index (χ1) is 10.5. The number of carbonyl (C=O) groups is 1. The number of aryl methyl sites for hydroxylation is 1. The third kappa shape index (κ3) is 4.51. The molecule has 0 aliphatic rings. The number of amides is 1. The lowest BCUT2D eigenvalue weighted by molar-refractivity contribution is -0.113. The van der Waals surface area contributed by atoms with E-state index in [0.717, 1.165) is 5.69 Å². The molecule has 1 aromatic heterocycles. The normalized spacial score (nSPS) is 10.3. The fourth-order valence-corrected chi connectivity index (χ4v) is 2.67. The summed E-state index contributed by atoms with van der Waals surface area (Å²) in [5.74, 6) is 0.928. The van der Waals surface area contributed by atoms with Crippen molar-refractivity contribution >= 4 is 40.8 Å². The van der Waals surface area contributed by atoms with Crippen molar-refractivity contribution in [2.24, 2.45) is 0 Å². The Morgan fingerprint density at radius 3 is 2.82 bits per heavy atom. The highest BCUT2D eigenvalue weighted by Crippen LogP contribution is 2.27. The Balaban J connectivity index is 1.94. The Labute approximate surface area is 137 Å². The van der Waals surface area contributed by atoms with Crippen LogP contribution in [0.5, 0.6) is 5.75 Å². The van der Waals surface area contributed by atoms with E-state index in [1.54, 1.807) is 24.3 Å². The minimum absolute atomic E-state index is 0.173. The average molecular weight is 339 g/mol. The van der Waals surface area contributed by atoms with Crippen LogP contribution in [0.4, 0.5) is 11.5 Å². The lowest BCUT2D eigenvalue weighted by atomic mass is 10.3. The van der Waals surface area contributed by atoms with E-state index >= 15 is 0 Å². The molecule has 1 amide bonds. The van der Waals surface area contributed by atoms with E-state index in [9.17, 15) is 4.79 Å². The summed E-state index contributed by atoms with van der Waals surface area (Å²) < 4.78 is 5.06. The molecule has 0 saturated heterocycles. The molecule has 0 saturated carbocycles. The molecule has 0 aliphatic heterocycles. The molecule has 1 aromatic carbocycles. The number of hydrogen-bond donors (Lipinski definition) is 2. The number of carbonyl (C=O) groups excluding carboxylic acids is 1. The Morgan fingerprint density at radius 2 is 2.18 bits per heavy atom. The lowest BCUT2D eigenvalue weighted by Gasteiger charge is -2.08. The molecule has 0 atom stereocenters. The van der Waals surface area contributed by atoms with Gasteiger partial charge < -0.3 is 15.8 Å². The highest BCUT2D eigenvalue weighted by atomic mass is 35.5. The average Bonchev–Trinajstić information content (AvgIpc) is 2.44. The maximum atomic E-state index is 11.9. The number of aromatic nitrogens is 2. The Kier molecular flexibility index (Phi) is 5.46. The lowest BCUT2D eigenvalue weighted by Crippen LogP contribution is -2.14. The van der Waals surface area contributed by atoms with Gasteiger partial charge in [0.2, 0.25) is 5.91 Å². The number of nitrogens with zero attached hydrogens (tertiary/aromatic N) is 2. The second-order valence-corrected chi connectivity index (χ2v) is 5.75. The summed E-state index contributed by atoms with van der Waals surface area (Å²) in [4.78, 5) is 20.2. The smallest absolute Gasteiger partial charge is 0.234 e. The first kappa shape index (κ1) is 16.4. The van der Waals surface area contributed by atoms with E-state index in [2.05, 4.69) is 15.3 Å². The van der Waals surface area contributed by atoms with Gasteiger partial charge in [0, 0.05) is 17.4 Å². The van der Waals surface area contributed by atoms with Gasteiger partial charge in [-0.3, -0.25) is 4.79 Å². The zero-order chi connectivity index (χ0) is 16.1. The number of halogens is 1. The fraction of sp³-hybridized carbons (Fsp3) is 0.214. The number of anilines is 2. The van der Waals surface area contributed by atoms with Crippen molar-refractivity contribution < 1.29 is 9.53 Å². The Bertz CT molecular complexity index is 676. The van der Waals surface area contributed by atoms with Crippen LogP contribution in [0.1, 0.15) is 5.69 Å². The van der Waals surface area contributed by atoms with Gasteiger partial charge in [-0.05, 0) is 25.1 Å². The molecule has 0 fully saturated rings. The van der Waals surface area contributed by atoms with Crippen LogP contribution in [0.15, 0.2) is 29.4 Å². The molecular formula is C14H15ClN4O2S. The van der Waals surface area contributed by atoms with Crippen molar-refractivity contribution in [3.05, 3.63) is 35.0 Å². The molecule has 0 bridgehead atoms. The fourth-order valence-electron chi connectivity index (χ4n) is 1.70. The van der Waals surface area contributed by atoms with Gasteiger partial charge in [0.1, 0.15) is 11.6 Å². The zero-order valence-electron chi connectivity index (χ0n) is 12.1. The van der Waals surface area contributed by atoms with Gasteiger partial charge in [-0.2, -0.15) is 0 Å². The van der Waals surface area contributed by atoms with Crippen LogP contribution in [0.25, 0.3) is 0 Å². The maximum absolute atomic E-state index is 11.9. The van der Waals surface area contributed by atoms with Crippen LogP contribution in [0.3, 0.4) is 0 Å². The third-order valence-corrected chi connectivity index (χ3v) is 3.76. The highest BCUT2D eigenvalue weighted by Gasteiger charge is 2.08. The number of nitrogens with two attached hydrogens (primary N) is 1. The Morgan fingerprint density at radius 1 is 1.41 bits per heavy atom. The van der Waals surface area contributed by atoms with E-state index in [4.69, 9.17) is 22.1 Å². The van der Waals surface area contributed by atoms with E-state index in [0.29, 0.717) is 27.4 Å². The summed E-state index contributed by atoms with van der Waals surface area (Å²) in [6, 6.07) is 6.71. The SMILES string of the molecule is COc1ccc(NC(=O)CSc2nc(C)cc(N)n2)cc1Cl. The van der Waals surface area contributed by atoms with Gasteiger partial charge in [0.05, 0.1) is 17.9 Å². The quantitative estimate of drug-likeness (QED) is 0.643. The summed E-state index contributed by atoms with van der Waals surface area (Å²) in [7, 11) is 1.53. The van der Waals surface area contributed by atoms with Gasteiger partial charge >= 0.3 is 0 Å². The van der Waals surface area contributed by atoms with Gasteiger partial charge in [-0.1, -0.05) is 23.4 Å². The second-order valence-electron chi connectivity index (χ2n) is 4.40. The maximum Gasteiger partial charge on any atom is 0.234 e. The van der Waals surface area contributed by atoms with Gasteiger partial charge in [-0.15, -0.1) is 0 Å². The molecule has 2 aromatic rings. The minimum atomic E-state index is -0.185. The van der Waals surface area contributed by atoms with Crippen molar-refractivity contribution in [2.75, 3.05) is 23.9 Å². The standard InChI is InChI=1S/C14H15ClN4O2S/c1-8-5-12(16)19-14(17-8)22-7-13(20)18-9-3-4-11(21-2)10(15)6-9/h3-6H,7H2,1-2H3,(H,18,20)(H2,16,17,19). The van der Waals surface area contributed by atoms with Gasteiger partial charge in [0.25, 0.3) is 0 Å². The van der Waals surface area contributed by atoms with Crippen LogP contribution in [-0.4, -0.2) is 28.7 Å². The summed E-state index contributed by atoms with van der Waals surface area (Å²) in [6.45, 7) is 1.82. The van der Waals surface area contributed by atoms with Crippen LogP contribution < -0.4 is 15.8 Å². The largest absolute Gasteiger partial charge is 0.495 e. The molecule has 0 radical (unpaired) electrons. The van der Waals surface area contributed by atoms with Crippen molar-refractivity contribution in [2.45, 2.75) is 12.1 Å². The van der Waals surface area contributed by atoms with E-state index in [1.165, 1.54) is 18.9 Å².